The lowest BCUT2D eigenvalue weighted by Crippen LogP contribution is -2.40. The summed E-state index contributed by atoms with van der Waals surface area (Å²) in [5.41, 5.74) is 1.95. The van der Waals surface area contributed by atoms with Gasteiger partial charge < -0.3 is 10.8 Å². The van der Waals surface area contributed by atoms with Crippen molar-refractivity contribution in [2.75, 3.05) is 0 Å². The summed E-state index contributed by atoms with van der Waals surface area (Å²) < 4.78 is 13.0. The largest absolute Gasteiger partial charge is 0.480 e. The van der Waals surface area contributed by atoms with Crippen LogP contribution < -0.4 is 5.73 Å². The fraction of sp³-hybridized carbons (Fsp3) is 0.833. The van der Waals surface area contributed by atoms with Gasteiger partial charge in [-0.05, 0) is 6.42 Å². The van der Waals surface area contributed by atoms with Crippen molar-refractivity contribution in [2.45, 2.75) is 31.0 Å². The van der Waals surface area contributed by atoms with Gasteiger partial charge in [0.15, 0.2) is 5.54 Å². The maximum absolute atomic E-state index is 13.0. The molecule has 0 radical (unpaired) electrons. The number of hydrogen-bond donors (Lipinski definition) is 2. The minimum absolute atomic E-state index is 0.0498. The molecule has 2 atom stereocenters. The number of aliphatic carboxylic acids is 1. The summed E-state index contributed by atoms with van der Waals surface area (Å²) in [6, 6.07) is 0. The zero-order chi connectivity index (χ0) is 7.99. The number of nitrogens with two attached hydrogens (primary N) is 1. The van der Waals surface area contributed by atoms with Crippen LogP contribution in [0.5, 0.6) is 0 Å². The van der Waals surface area contributed by atoms with Crippen LogP contribution in [-0.4, -0.2) is 22.3 Å². The number of rotatable bonds is 2. The minimum atomic E-state index is -1.65. The third-order valence-electron chi connectivity index (χ3n) is 2.18. The third-order valence-corrected chi connectivity index (χ3v) is 2.18. The Labute approximate surface area is 58.0 Å². The van der Waals surface area contributed by atoms with Crippen LogP contribution in [0, 0.1) is 0 Å². The van der Waals surface area contributed by atoms with Crippen LogP contribution in [0.25, 0.3) is 0 Å². The normalized spacial score (nSPS) is 45.1. The highest BCUT2D eigenvalue weighted by molar-refractivity contribution is 5.85. The maximum Gasteiger partial charge on any atom is 0.327 e. The van der Waals surface area contributed by atoms with E-state index in [9.17, 15) is 9.18 Å². The van der Waals surface area contributed by atoms with Crippen molar-refractivity contribution >= 4 is 5.97 Å². The summed E-state index contributed by atoms with van der Waals surface area (Å²) in [6.07, 6.45) is 0.127. The molecular formula is C6H10FNO2. The fourth-order valence-electron chi connectivity index (χ4n) is 1.11. The molecule has 1 rings (SSSR count). The fourth-order valence-corrected chi connectivity index (χ4v) is 1.11. The van der Waals surface area contributed by atoms with Gasteiger partial charge in [-0.25, -0.2) is 4.39 Å². The quantitative estimate of drug-likeness (QED) is 0.590. The first-order chi connectivity index (χ1) is 4.46. The number of hydrogen-bond acceptors (Lipinski definition) is 2. The molecule has 1 unspecified atom stereocenters. The molecule has 1 saturated carbocycles. The zero-order valence-corrected chi connectivity index (χ0v) is 5.72. The van der Waals surface area contributed by atoms with Crippen LogP contribution in [-0.2, 0) is 4.79 Å². The van der Waals surface area contributed by atoms with Gasteiger partial charge in [0.25, 0.3) is 0 Å². The lowest BCUT2D eigenvalue weighted by molar-refractivity contribution is -0.140. The van der Waals surface area contributed by atoms with Crippen molar-refractivity contribution in [2.24, 2.45) is 5.73 Å². The Morgan fingerprint density at radius 3 is 2.50 bits per heavy atom. The monoisotopic (exact) mass is 147 g/mol. The Morgan fingerprint density at radius 1 is 1.90 bits per heavy atom. The van der Waals surface area contributed by atoms with Crippen LogP contribution in [0.15, 0.2) is 0 Å². The summed E-state index contributed by atoms with van der Waals surface area (Å²) in [4.78, 5) is 10.3. The number of carboxylic acids is 1. The van der Waals surface area contributed by atoms with Gasteiger partial charge in [0.1, 0.15) is 5.67 Å². The summed E-state index contributed by atoms with van der Waals surface area (Å²) in [5.74, 6) is -1.24. The molecule has 0 amide bonds. The molecule has 4 heteroatoms. The number of carboxylic acid groups (broad SMARTS) is 1. The van der Waals surface area contributed by atoms with Crippen molar-refractivity contribution in [3.63, 3.8) is 0 Å². The minimum Gasteiger partial charge on any atom is -0.480 e. The molecule has 0 spiro atoms. The molecule has 0 aromatic rings. The second-order valence-corrected chi connectivity index (χ2v) is 2.77. The molecule has 0 aromatic carbocycles. The van der Waals surface area contributed by atoms with Crippen molar-refractivity contribution in [1.82, 2.24) is 0 Å². The first kappa shape index (κ1) is 7.47. The topological polar surface area (TPSA) is 63.3 Å². The highest BCUT2D eigenvalue weighted by Crippen LogP contribution is 2.51. The predicted molar refractivity (Wildman–Crippen MR) is 33.3 cm³/mol. The van der Waals surface area contributed by atoms with E-state index >= 15 is 0 Å². The van der Waals surface area contributed by atoms with Crippen molar-refractivity contribution in [1.29, 1.82) is 0 Å². The molecule has 0 bridgehead atoms. The molecule has 1 aliphatic rings. The van der Waals surface area contributed by atoms with E-state index in [1.807, 2.05) is 0 Å². The van der Waals surface area contributed by atoms with E-state index in [4.69, 9.17) is 10.8 Å². The Hall–Kier alpha value is -0.640. The molecule has 1 aliphatic carbocycles. The Kier molecular flexibility index (Phi) is 1.26. The average molecular weight is 147 g/mol. The first-order valence-corrected chi connectivity index (χ1v) is 3.17. The second-order valence-electron chi connectivity index (χ2n) is 2.77. The molecular weight excluding hydrogens is 137 g/mol. The SMILES string of the molecule is CC[C@]1(F)CC1(N)C(=O)O. The highest BCUT2D eigenvalue weighted by Gasteiger charge is 2.71. The molecule has 58 valence electrons. The maximum atomic E-state index is 13.0. The van der Waals surface area contributed by atoms with Crippen molar-refractivity contribution in [3.05, 3.63) is 0 Å². The summed E-state index contributed by atoms with van der Waals surface area (Å²) in [5, 5.41) is 8.41. The van der Waals surface area contributed by atoms with E-state index in [2.05, 4.69) is 0 Å². The van der Waals surface area contributed by atoms with Gasteiger partial charge >= 0.3 is 5.97 Å². The summed E-state index contributed by atoms with van der Waals surface area (Å²) in [7, 11) is 0. The van der Waals surface area contributed by atoms with Crippen molar-refractivity contribution < 1.29 is 14.3 Å². The van der Waals surface area contributed by atoms with Gasteiger partial charge in [-0.1, -0.05) is 6.92 Å². The van der Waals surface area contributed by atoms with Gasteiger partial charge in [-0.15, -0.1) is 0 Å². The van der Waals surface area contributed by atoms with Crippen LogP contribution >= 0.6 is 0 Å². The van der Waals surface area contributed by atoms with Crippen LogP contribution in [0.3, 0.4) is 0 Å². The van der Waals surface area contributed by atoms with Crippen LogP contribution in [0.1, 0.15) is 19.8 Å². The van der Waals surface area contributed by atoms with Gasteiger partial charge in [-0.3, -0.25) is 4.79 Å². The molecule has 0 aromatic heterocycles. The lowest BCUT2D eigenvalue weighted by atomic mass is 10.1. The van der Waals surface area contributed by atoms with E-state index in [0.717, 1.165) is 0 Å². The van der Waals surface area contributed by atoms with E-state index in [0.29, 0.717) is 0 Å². The molecule has 3 nitrogen and oxygen atoms in total. The standard InChI is InChI=1S/C6H10FNO2/c1-2-5(7)3-6(5,8)4(9)10/h2-3,8H2,1H3,(H,9,10)/t5-,6?/m0/s1. The van der Waals surface area contributed by atoms with Gasteiger partial charge in [0.05, 0.1) is 0 Å². The molecule has 0 heterocycles. The lowest BCUT2D eigenvalue weighted by Gasteiger charge is -2.07. The molecule has 1 fully saturated rings. The van der Waals surface area contributed by atoms with Crippen LogP contribution in [0.4, 0.5) is 4.39 Å². The molecule has 10 heavy (non-hydrogen) atoms. The third kappa shape index (κ3) is 0.653. The van der Waals surface area contributed by atoms with E-state index in [1.165, 1.54) is 0 Å². The molecule has 3 N–H and O–H groups in total. The predicted octanol–water partition coefficient (Wildman–Crippen LogP) is 0.291. The Balaban J connectivity index is 2.72. The van der Waals surface area contributed by atoms with E-state index in [1.54, 1.807) is 6.92 Å². The highest BCUT2D eigenvalue weighted by atomic mass is 19.1. The van der Waals surface area contributed by atoms with E-state index in [-0.39, 0.29) is 12.8 Å². The van der Waals surface area contributed by atoms with Gasteiger partial charge in [-0.2, -0.15) is 0 Å². The molecule has 0 saturated heterocycles. The summed E-state index contributed by atoms with van der Waals surface area (Å²) >= 11 is 0. The van der Waals surface area contributed by atoms with Crippen LogP contribution in [0.2, 0.25) is 0 Å². The summed E-state index contributed by atoms with van der Waals surface area (Å²) in [6.45, 7) is 1.59. The molecule has 0 aliphatic heterocycles. The Morgan fingerprint density at radius 2 is 2.40 bits per heavy atom. The van der Waals surface area contributed by atoms with Gasteiger partial charge in [0, 0.05) is 6.42 Å². The van der Waals surface area contributed by atoms with Crippen molar-refractivity contribution in [3.8, 4) is 0 Å². The van der Waals surface area contributed by atoms with Gasteiger partial charge in [0.2, 0.25) is 0 Å². The zero-order valence-electron chi connectivity index (χ0n) is 5.72. The average Bonchev–Trinajstić information content (AvgIpc) is 2.39. The number of carbonyl (C=O) groups is 1. The first-order valence-electron chi connectivity index (χ1n) is 3.17. The number of halogens is 1. The smallest absolute Gasteiger partial charge is 0.327 e. The number of alkyl halides is 1. The van der Waals surface area contributed by atoms with E-state index < -0.39 is 17.2 Å². The Bertz CT molecular complexity index is 185. The second kappa shape index (κ2) is 1.69.